The molecule has 0 heterocycles. The zero-order chi connectivity index (χ0) is 24.8. The molecule has 0 aromatic heterocycles. The van der Waals surface area contributed by atoms with E-state index in [1.807, 2.05) is 0 Å². The molecule has 0 bridgehead atoms. The maximum Gasteiger partial charge on any atom is 0.255 e. The average molecular weight is 533 g/mol. The molecule has 0 aliphatic heterocycles. The van der Waals surface area contributed by atoms with Crippen molar-refractivity contribution in [1.29, 1.82) is 0 Å². The number of nitrogens with zero attached hydrogens (tertiary/aromatic N) is 1. The van der Waals surface area contributed by atoms with Gasteiger partial charge in [-0.25, -0.2) is 0 Å². The summed E-state index contributed by atoms with van der Waals surface area (Å²) in [5.41, 5.74) is -1.78. The Bertz CT molecular complexity index is 1190. The first kappa shape index (κ1) is 31.0. The number of phenolic OH excluding ortho intramolecular Hbond substituents is 1. The molecule has 0 unspecified atom stereocenters. The summed E-state index contributed by atoms with van der Waals surface area (Å²) in [4.78, 5) is 39.9. The molecule has 1 fully saturated rings. The number of ketones is 2. The predicted molar refractivity (Wildman–Crippen MR) is 126 cm³/mol. The Kier molecular flexibility index (Phi) is 8.13. The number of aliphatic hydroxyl groups excluding tert-OH is 3. The van der Waals surface area contributed by atoms with Gasteiger partial charge in [0.25, 0.3) is 5.91 Å². The molecular formula is C22H29ClN2O11. The number of fused-ring (bicyclic) bond motifs is 3. The number of rotatable bonds is 2. The molecular weight excluding hydrogens is 504 g/mol. The smallest absolute Gasteiger partial charge is 0.255 e. The Labute approximate surface area is 210 Å². The van der Waals surface area contributed by atoms with Crippen LogP contribution in [0.5, 0.6) is 5.75 Å². The van der Waals surface area contributed by atoms with E-state index >= 15 is 0 Å². The first-order valence-corrected chi connectivity index (χ1v) is 10.1. The summed E-state index contributed by atoms with van der Waals surface area (Å²) in [6.07, 6.45) is -1.87. The van der Waals surface area contributed by atoms with Crippen LogP contribution in [0, 0.1) is 11.8 Å². The second-order valence-corrected chi connectivity index (χ2v) is 9.06. The number of hydrogen-bond donors (Lipinski definition) is 7. The van der Waals surface area contributed by atoms with Gasteiger partial charge < -0.3 is 47.3 Å². The summed E-state index contributed by atoms with van der Waals surface area (Å²) in [6, 6.07) is 2.50. The highest BCUT2D eigenvalue weighted by molar-refractivity contribution is 6.24. The van der Waals surface area contributed by atoms with Crippen molar-refractivity contribution in [3.05, 3.63) is 46.2 Å². The third-order valence-electron chi connectivity index (χ3n) is 7.03. The van der Waals surface area contributed by atoms with Crippen LogP contribution in [0.3, 0.4) is 0 Å². The van der Waals surface area contributed by atoms with Crippen LogP contribution in [0.2, 0.25) is 0 Å². The van der Waals surface area contributed by atoms with Gasteiger partial charge >= 0.3 is 0 Å². The van der Waals surface area contributed by atoms with E-state index in [0.717, 1.165) is 0 Å². The molecule has 1 saturated carbocycles. The van der Waals surface area contributed by atoms with Crippen LogP contribution in [0.25, 0.3) is 5.76 Å². The SMILES string of the molecule is CN(C)[C@@H]1C(=O)C(C(N)=O)=C(O)[C@@]2(O)C(=O)C3=C(O)c4c(O)cccc4[C@@](C)(O)[C@H]3[C@H](O)[C@@H]12.Cl.O.O. The van der Waals surface area contributed by atoms with Crippen LogP contribution in [-0.4, -0.2) is 95.8 Å². The Morgan fingerprint density at radius 2 is 1.64 bits per heavy atom. The standard InChI is InChI=1S/C22H24N2O9.ClH.2H2O/c1-21(32)7-5-4-6-8(25)9(7)15(26)10-12(21)17(28)13-14(24(2)3)16(27)11(20(23)31)19(30)22(13,33)18(10)29;;;/h4-6,12-14,17,25-26,28,30,32-33H,1-3H3,(H2,23,31);1H;2*1H2/t12-,13-,14+,17+,21-,22+;;;/m1.../s1. The number of aliphatic hydroxyl groups is 5. The van der Waals surface area contributed by atoms with Crippen molar-refractivity contribution in [1.82, 2.24) is 4.90 Å². The van der Waals surface area contributed by atoms with Crippen LogP contribution in [0.15, 0.2) is 35.1 Å². The quantitative estimate of drug-likeness (QED) is 0.195. The number of nitrogens with two attached hydrogens (primary N) is 1. The van der Waals surface area contributed by atoms with Gasteiger partial charge in [-0.2, -0.15) is 0 Å². The Morgan fingerprint density at radius 3 is 2.14 bits per heavy atom. The van der Waals surface area contributed by atoms with Gasteiger partial charge in [-0.05, 0) is 32.6 Å². The fourth-order valence-electron chi connectivity index (χ4n) is 5.60. The molecule has 1 amide bonds. The molecule has 13 nitrogen and oxygen atoms in total. The lowest BCUT2D eigenvalue weighted by Crippen LogP contribution is -2.71. The zero-order valence-corrected chi connectivity index (χ0v) is 20.2. The minimum absolute atomic E-state index is 0. The highest BCUT2D eigenvalue weighted by atomic mass is 35.5. The third kappa shape index (κ3) is 3.51. The van der Waals surface area contributed by atoms with Crippen molar-refractivity contribution >= 4 is 35.6 Å². The van der Waals surface area contributed by atoms with Crippen molar-refractivity contribution < 1.29 is 56.0 Å². The van der Waals surface area contributed by atoms with E-state index in [4.69, 9.17) is 5.73 Å². The maximum atomic E-state index is 13.7. The van der Waals surface area contributed by atoms with Crippen LogP contribution in [0.1, 0.15) is 18.1 Å². The monoisotopic (exact) mass is 532 g/mol. The van der Waals surface area contributed by atoms with Crippen molar-refractivity contribution in [2.45, 2.75) is 30.3 Å². The highest BCUT2D eigenvalue weighted by Crippen LogP contribution is 2.57. The van der Waals surface area contributed by atoms with Gasteiger partial charge in [0.15, 0.2) is 11.4 Å². The van der Waals surface area contributed by atoms with Crippen molar-refractivity contribution in [2.75, 3.05) is 14.1 Å². The number of carbonyl (C=O) groups is 3. The maximum absolute atomic E-state index is 13.7. The first-order chi connectivity index (χ1) is 15.2. The molecule has 14 heteroatoms. The number of halogens is 1. The van der Waals surface area contributed by atoms with Gasteiger partial charge in [-0.1, -0.05) is 12.1 Å². The topological polar surface area (TPSA) is 265 Å². The van der Waals surface area contributed by atoms with Crippen LogP contribution in [0.4, 0.5) is 0 Å². The minimum atomic E-state index is -3.02. The lowest BCUT2D eigenvalue weighted by atomic mass is 9.53. The molecule has 0 spiro atoms. The number of hydrogen-bond acceptors (Lipinski definition) is 10. The number of primary amides is 1. The summed E-state index contributed by atoms with van der Waals surface area (Å²) in [5.74, 6) is -9.67. The summed E-state index contributed by atoms with van der Waals surface area (Å²) in [6.45, 7) is 1.25. The van der Waals surface area contributed by atoms with Gasteiger partial charge in [0, 0.05) is 0 Å². The lowest BCUT2D eigenvalue weighted by molar-refractivity contribution is -0.181. The number of benzene rings is 1. The van der Waals surface area contributed by atoms with Crippen molar-refractivity contribution in [2.24, 2.45) is 17.6 Å². The summed E-state index contributed by atoms with van der Waals surface area (Å²) >= 11 is 0. The zero-order valence-electron chi connectivity index (χ0n) is 19.4. The number of carbonyl (C=O) groups excluding carboxylic acids is 3. The molecule has 6 atom stereocenters. The summed E-state index contributed by atoms with van der Waals surface area (Å²) < 4.78 is 0. The number of aromatic hydroxyl groups is 1. The third-order valence-corrected chi connectivity index (χ3v) is 7.03. The Hall–Kier alpha value is -3.04. The normalized spacial score (nSPS) is 33.0. The number of phenols is 1. The molecule has 36 heavy (non-hydrogen) atoms. The largest absolute Gasteiger partial charge is 0.508 e. The van der Waals surface area contributed by atoms with E-state index in [1.165, 1.54) is 44.1 Å². The first-order valence-electron chi connectivity index (χ1n) is 10.1. The molecule has 3 aliphatic carbocycles. The molecule has 0 saturated heterocycles. The molecule has 1 aromatic carbocycles. The van der Waals surface area contributed by atoms with Gasteiger partial charge in [0.05, 0.1) is 40.7 Å². The van der Waals surface area contributed by atoms with E-state index in [-0.39, 0.29) is 34.5 Å². The van der Waals surface area contributed by atoms with Gasteiger partial charge in [0.1, 0.15) is 22.8 Å². The molecule has 12 N–H and O–H groups in total. The highest BCUT2D eigenvalue weighted by Gasteiger charge is 2.70. The molecule has 4 rings (SSSR count). The Balaban J connectivity index is 0.00000216. The molecule has 3 aliphatic rings. The van der Waals surface area contributed by atoms with Gasteiger partial charge in [-0.15, -0.1) is 12.4 Å². The van der Waals surface area contributed by atoms with Crippen LogP contribution < -0.4 is 5.73 Å². The van der Waals surface area contributed by atoms with Crippen molar-refractivity contribution in [3.63, 3.8) is 0 Å². The second-order valence-electron chi connectivity index (χ2n) is 9.06. The lowest BCUT2D eigenvalue weighted by Gasteiger charge is -2.55. The minimum Gasteiger partial charge on any atom is -0.508 e. The number of likely N-dealkylation sites (N-methyl/N-ethyl adjacent to an activating group) is 1. The predicted octanol–water partition coefficient (Wildman–Crippen LogP) is -2.63. The van der Waals surface area contributed by atoms with E-state index in [2.05, 4.69) is 0 Å². The fraction of sp³-hybridized carbons (Fsp3) is 0.409. The Morgan fingerprint density at radius 1 is 1.08 bits per heavy atom. The van der Waals surface area contributed by atoms with E-state index in [9.17, 15) is 45.0 Å². The van der Waals surface area contributed by atoms with Crippen LogP contribution >= 0.6 is 12.4 Å². The van der Waals surface area contributed by atoms with E-state index in [1.54, 1.807) is 0 Å². The fourth-order valence-corrected chi connectivity index (χ4v) is 5.60. The van der Waals surface area contributed by atoms with Gasteiger partial charge in [-0.3, -0.25) is 19.3 Å². The molecule has 0 radical (unpaired) electrons. The summed E-state index contributed by atoms with van der Waals surface area (Å²) in [7, 11) is 2.80. The van der Waals surface area contributed by atoms with Crippen molar-refractivity contribution in [3.8, 4) is 5.75 Å². The van der Waals surface area contributed by atoms with E-state index in [0.29, 0.717) is 0 Å². The average Bonchev–Trinajstić information content (AvgIpc) is 2.70. The van der Waals surface area contributed by atoms with E-state index < -0.39 is 81.1 Å². The number of amides is 1. The van der Waals surface area contributed by atoms with Gasteiger partial charge in [0.2, 0.25) is 5.78 Å². The molecule has 1 aromatic rings. The summed E-state index contributed by atoms with van der Waals surface area (Å²) in [5, 5.41) is 66.3. The second kappa shape index (κ2) is 9.44. The number of Topliss-reactive ketones (excluding diaryl/α,β-unsaturated/α-hetero) is 2. The van der Waals surface area contributed by atoms with Crippen LogP contribution in [-0.2, 0) is 20.0 Å². The molecule has 200 valence electrons.